The van der Waals surface area contributed by atoms with Gasteiger partial charge < -0.3 is 10.2 Å². The molecular formula is C17H19FN4O2. The molecule has 2 heterocycles. The number of aromatic nitrogens is 2. The van der Waals surface area contributed by atoms with Crippen LogP contribution in [0.15, 0.2) is 35.1 Å². The molecule has 1 amide bonds. The predicted octanol–water partition coefficient (Wildman–Crippen LogP) is 2.25. The van der Waals surface area contributed by atoms with Crippen LogP contribution in [0.4, 0.5) is 16.0 Å². The molecule has 2 N–H and O–H groups in total. The monoisotopic (exact) mass is 330 g/mol. The molecule has 1 aromatic carbocycles. The Morgan fingerprint density at radius 3 is 2.67 bits per heavy atom. The molecule has 1 aromatic heterocycles. The SMILES string of the molecule is CC(C)Nc1nc([C@@H]2CC(=O)N(c3ccc(F)cc3)C2)cc(=O)[nH]1. The lowest BCUT2D eigenvalue weighted by molar-refractivity contribution is -0.117. The van der Waals surface area contributed by atoms with Crippen molar-refractivity contribution in [3.63, 3.8) is 0 Å². The average Bonchev–Trinajstić information content (AvgIpc) is 2.89. The molecule has 1 aliphatic heterocycles. The molecule has 3 rings (SSSR count). The van der Waals surface area contributed by atoms with Crippen molar-refractivity contribution in [2.24, 2.45) is 0 Å². The number of carbonyl (C=O) groups is 1. The molecule has 0 unspecified atom stereocenters. The number of H-pyrrole nitrogens is 1. The third-order valence-corrected chi connectivity index (χ3v) is 3.87. The van der Waals surface area contributed by atoms with Gasteiger partial charge in [-0.15, -0.1) is 0 Å². The van der Waals surface area contributed by atoms with Gasteiger partial charge in [0, 0.05) is 36.7 Å². The second-order valence-electron chi connectivity index (χ2n) is 6.20. The van der Waals surface area contributed by atoms with Crippen LogP contribution in [0.1, 0.15) is 31.9 Å². The standard InChI is InChI=1S/C17H19FN4O2/c1-10(2)19-17-20-14(8-15(23)21-17)11-7-16(24)22(9-11)13-5-3-12(18)4-6-13/h3-6,8,10-11H,7,9H2,1-2H3,(H2,19,20,21,23)/t11-/m1/s1. The van der Waals surface area contributed by atoms with Gasteiger partial charge in [0.2, 0.25) is 11.9 Å². The van der Waals surface area contributed by atoms with Crippen LogP contribution in [0.3, 0.4) is 0 Å². The Hall–Kier alpha value is -2.70. The van der Waals surface area contributed by atoms with Gasteiger partial charge in [-0.3, -0.25) is 14.6 Å². The first-order valence-electron chi connectivity index (χ1n) is 7.86. The van der Waals surface area contributed by atoms with Crippen molar-refractivity contribution in [2.45, 2.75) is 32.2 Å². The summed E-state index contributed by atoms with van der Waals surface area (Å²) in [4.78, 5) is 32.8. The second-order valence-corrected chi connectivity index (χ2v) is 6.20. The molecule has 6 nitrogen and oxygen atoms in total. The molecular weight excluding hydrogens is 311 g/mol. The van der Waals surface area contributed by atoms with Crippen molar-refractivity contribution < 1.29 is 9.18 Å². The molecule has 0 spiro atoms. The van der Waals surface area contributed by atoms with E-state index in [-0.39, 0.29) is 35.7 Å². The summed E-state index contributed by atoms with van der Waals surface area (Å²) in [5.74, 6) is -0.174. The molecule has 7 heteroatoms. The summed E-state index contributed by atoms with van der Waals surface area (Å²) < 4.78 is 13.0. The Balaban J connectivity index is 1.84. The van der Waals surface area contributed by atoms with Crippen LogP contribution >= 0.6 is 0 Å². The molecule has 1 fully saturated rings. The largest absolute Gasteiger partial charge is 0.354 e. The lowest BCUT2D eigenvalue weighted by atomic mass is 10.0. The first kappa shape index (κ1) is 16.2. The molecule has 1 saturated heterocycles. The Morgan fingerprint density at radius 1 is 1.29 bits per heavy atom. The highest BCUT2D eigenvalue weighted by Crippen LogP contribution is 2.30. The molecule has 0 bridgehead atoms. The van der Waals surface area contributed by atoms with Crippen molar-refractivity contribution in [3.8, 4) is 0 Å². The Bertz CT molecular complexity index is 801. The minimum absolute atomic E-state index is 0.0629. The van der Waals surface area contributed by atoms with Gasteiger partial charge in [0.05, 0.1) is 5.69 Å². The maximum atomic E-state index is 13.0. The maximum absolute atomic E-state index is 13.0. The van der Waals surface area contributed by atoms with Crippen LogP contribution in [0.5, 0.6) is 0 Å². The molecule has 0 aliphatic carbocycles. The van der Waals surface area contributed by atoms with Crippen molar-refractivity contribution in [3.05, 3.63) is 52.2 Å². The number of benzene rings is 1. The van der Waals surface area contributed by atoms with E-state index in [4.69, 9.17) is 0 Å². The molecule has 2 aromatic rings. The number of carbonyl (C=O) groups excluding carboxylic acids is 1. The van der Waals surface area contributed by atoms with Crippen molar-refractivity contribution >= 4 is 17.5 Å². The van der Waals surface area contributed by atoms with Crippen molar-refractivity contribution in [2.75, 3.05) is 16.8 Å². The third-order valence-electron chi connectivity index (χ3n) is 3.87. The number of nitrogens with zero attached hydrogens (tertiary/aromatic N) is 2. The second kappa shape index (κ2) is 6.43. The molecule has 126 valence electrons. The van der Waals surface area contributed by atoms with Gasteiger partial charge >= 0.3 is 0 Å². The summed E-state index contributed by atoms with van der Waals surface area (Å²) in [5.41, 5.74) is 0.977. The summed E-state index contributed by atoms with van der Waals surface area (Å²) in [6.45, 7) is 4.31. The van der Waals surface area contributed by atoms with E-state index in [0.717, 1.165) is 0 Å². The van der Waals surface area contributed by atoms with Gasteiger partial charge in [-0.2, -0.15) is 0 Å². The highest BCUT2D eigenvalue weighted by molar-refractivity contribution is 5.96. The molecule has 0 radical (unpaired) electrons. The predicted molar refractivity (Wildman–Crippen MR) is 89.7 cm³/mol. The number of amides is 1. The Kier molecular flexibility index (Phi) is 4.33. The minimum atomic E-state index is -0.345. The van der Waals surface area contributed by atoms with Crippen LogP contribution in [-0.2, 0) is 4.79 Å². The number of anilines is 2. The van der Waals surface area contributed by atoms with E-state index in [2.05, 4.69) is 15.3 Å². The van der Waals surface area contributed by atoms with E-state index in [1.54, 1.807) is 17.0 Å². The van der Waals surface area contributed by atoms with E-state index < -0.39 is 0 Å². The molecule has 1 atom stereocenters. The number of nitrogens with one attached hydrogen (secondary N) is 2. The zero-order chi connectivity index (χ0) is 17.3. The fourth-order valence-corrected chi connectivity index (χ4v) is 2.80. The number of halogens is 1. The summed E-state index contributed by atoms with van der Waals surface area (Å²) in [5, 5.41) is 3.06. The van der Waals surface area contributed by atoms with Crippen LogP contribution in [-0.4, -0.2) is 28.5 Å². The number of hydrogen-bond donors (Lipinski definition) is 2. The summed E-state index contributed by atoms with van der Waals surface area (Å²) >= 11 is 0. The van der Waals surface area contributed by atoms with E-state index in [9.17, 15) is 14.0 Å². The van der Waals surface area contributed by atoms with Crippen LogP contribution in [0.25, 0.3) is 0 Å². The fourth-order valence-electron chi connectivity index (χ4n) is 2.80. The zero-order valence-electron chi connectivity index (χ0n) is 13.5. The lowest BCUT2D eigenvalue weighted by Crippen LogP contribution is -2.24. The van der Waals surface area contributed by atoms with Crippen molar-refractivity contribution in [1.29, 1.82) is 0 Å². The first-order valence-corrected chi connectivity index (χ1v) is 7.86. The van der Waals surface area contributed by atoms with Crippen molar-refractivity contribution in [1.82, 2.24) is 9.97 Å². The van der Waals surface area contributed by atoms with Gasteiger partial charge in [-0.05, 0) is 38.1 Å². The summed E-state index contributed by atoms with van der Waals surface area (Å²) in [7, 11) is 0. The van der Waals surface area contributed by atoms with E-state index in [1.165, 1.54) is 18.2 Å². The quantitative estimate of drug-likeness (QED) is 0.901. The fraction of sp³-hybridized carbons (Fsp3) is 0.353. The Labute approximate surface area is 138 Å². The van der Waals surface area contributed by atoms with Gasteiger partial charge in [0.25, 0.3) is 5.56 Å². The van der Waals surface area contributed by atoms with Gasteiger partial charge in [0.15, 0.2) is 0 Å². The lowest BCUT2D eigenvalue weighted by Gasteiger charge is -2.17. The number of rotatable bonds is 4. The van der Waals surface area contributed by atoms with Crippen LogP contribution in [0, 0.1) is 5.82 Å². The normalized spacial score (nSPS) is 17.6. The van der Waals surface area contributed by atoms with E-state index >= 15 is 0 Å². The number of aromatic amines is 1. The number of hydrogen-bond acceptors (Lipinski definition) is 4. The van der Waals surface area contributed by atoms with Crippen LogP contribution < -0.4 is 15.8 Å². The Morgan fingerprint density at radius 2 is 2.00 bits per heavy atom. The zero-order valence-corrected chi connectivity index (χ0v) is 13.5. The van der Waals surface area contributed by atoms with E-state index in [0.29, 0.717) is 23.9 Å². The minimum Gasteiger partial charge on any atom is -0.354 e. The highest BCUT2D eigenvalue weighted by Gasteiger charge is 2.32. The summed E-state index contributed by atoms with van der Waals surface area (Å²) in [6, 6.07) is 7.36. The average molecular weight is 330 g/mol. The van der Waals surface area contributed by atoms with Crippen LogP contribution in [0.2, 0.25) is 0 Å². The van der Waals surface area contributed by atoms with E-state index in [1.807, 2.05) is 13.8 Å². The first-order chi connectivity index (χ1) is 11.4. The summed E-state index contributed by atoms with van der Waals surface area (Å²) in [6.07, 6.45) is 0.273. The van der Waals surface area contributed by atoms with Gasteiger partial charge in [-0.25, -0.2) is 9.37 Å². The molecule has 24 heavy (non-hydrogen) atoms. The maximum Gasteiger partial charge on any atom is 0.252 e. The smallest absolute Gasteiger partial charge is 0.252 e. The third kappa shape index (κ3) is 3.45. The topological polar surface area (TPSA) is 78.1 Å². The van der Waals surface area contributed by atoms with Gasteiger partial charge in [0.1, 0.15) is 5.82 Å². The highest BCUT2D eigenvalue weighted by atomic mass is 19.1. The molecule has 1 aliphatic rings. The molecule has 0 saturated carbocycles. The van der Waals surface area contributed by atoms with Gasteiger partial charge in [-0.1, -0.05) is 0 Å².